The number of nitrogens with zero attached hydrogens (tertiary/aromatic N) is 1. The molecular weight excluding hydrogens is 218 g/mol. The first-order valence-corrected chi connectivity index (χ1v) is 5.78. The van der Waals surface area contributed by atoms with E-state index in [2.05, 4.69) is 5.32 Å². The van der Waals surface area contributed by atoms with Crippen molar-refractivity contribution in [2.75, 3.05) is 11.9 Å². The second-order valence-electron chi connectivity index (χ2n) is 4.20. The van der Waals surface area contributed by atoms with Gasteiger partial charge < -0.3 is 11.1 Å². The van der Waals surface area contributed by atoms with Gasteiger partial charge in [-0.05, 0) is 18.9 Å². The summed E-state index contributed by atoms with van der Waals surface area (Å²) in [4.78, 5) is 10.4. The van der Waals surface area contributed by atoms with E-state index in [1.54, 1.807) is 18.2 Å². The summed E-state index contributed by atoms with van der Waals surface area (Å²) in [7, 11) is 0. The summed E-state index contributed by atoms with van der Waals surface area (Å²) in [5.41, 5.74) is 6.43. The van der Waals surface area contributed by atoms with Crippen molar-refractivity contribution in [2.24, 2.45) is 5.73 Å². The number of nitrogens with two attached hydrogens (primary N) is 1. The van der Waals surface area contributed by atoms with Crippen LogP contribution in [-0.4, -0.2) is 17.0 Å². The molecule has 3 N–H and O–H groups in total. The zero-order valence-corrected chi connectivity index (χ0v) is 10.3. The molecule has 17 heavy (non-hydrogen) atoms. The number of benzene rings is 1. The Morgan fingerprint density at radius 1 is 1.35 bits per heavy atom. The molecule has 1 aromatic carbocycles. The highest BCUT2D eigenvalue weighted by Gasteiger charge is 2.21. The number of rotatable bonds is 6. The molecule has 0 atom stereocenters. The molecule has 0 aliphatic rings. The van der Waals surface area contributed by atoms with Gasteiger partial charge in [0.2, 0.25) is 0 Å². The Morgan fingerprint density at radius 2 is 1.94 bits per heavy atom. The highest BCUT2D eigenvalue weighted by atomic mass is 16.6. The summed E-state index contributed by atoms with van der Waals surface area (Å²) in [6.07, 6.45) is 1.66. The van der Waals surface area contributed by atoms with Gasteiger partial charge in [-0.2, -0.15) is 0 Å². The molecule has 0 amide bonds. The van der Waals surface area contributed by atoms with Gasteiger partial charge in [0, 0.05) is 18.2 Å². The minimum Gasteiger partial charge on any atom is -0.378 e. The third-order valence-electron chi connectivity index (χ3n) is 3.14. The smallest absolute Gasteiger partial charge is 0.292 e. The average Bonchev–Trinajstić information content (AvgIpc) is 2.36. The first-order chi connectivity index (χ1) is 8.02. The highest BCUT2D eigenvalue weighted by molar-refractivity contribution is 5.61. The van der Waals surface area contributed by atoms with Crippen LogP contribution in [0, 0.1) is 10.1 Å². The molecule has 0 aliphatic carbocycles. The lowest BCUT2D eigenvalue weighted by molar-refractivity contribution is -0.384. The standard InChI is InChI=1S/C12H19N3O2/c1-3-12(13,4-2)9-14-10-7-5-6-8-11(10)15(16)17/h5-8,14H,3-4,9,13H2,1-2H3. The summed E-state index contributed by atoms with van der Waals surface area (Å²) >= 11 is 0. The van der Waals surface area contributed by atoms with E-state index in [0.29, 0.717) is 12.2 Å². The van der Waals surface area contributed by atoms with Gasteiger partial charge in [0.1, 0.15) is 5.69 Å². The molecule has 5 heteroatoms. The van der Waals surface area contributed by atoms with Crippen LogP contribution >= 0.6 is 0 Å². The van der Waals surface area contributed by atoms with Crippen molar-refractivity contribution in [3.8, 4) is 0 Å². The predicted molar refractivity (Wildman–Crippen MR) is 69.1 cm³/mol. The maximum absolute atomic E-state index is 10.8. The zero-order chi connectivity index (χ0) is 12.9. The molecule has 0 heterocycles. The van der Waals surface area contributed by atoms with Crippen molar-refractivity contribution in [3.05, 3.63) is 34.4 Å². The lowest BCUT2D eigenvalue weighted by atomic mass is 9.94. The summed E-state index contributed by atoms with van der Waals surface area (Å²) in [5.74, 6) is 0. The van der Waals surface area contributed by atoms with Crippen LogP contribution in [0.3, 0.4) is 0 Å². The minimum atomic E-state index is -0.390. The van der Waals surface area contributed by atoms with Crippen LogP contribution in [-0.2, 0) is 0 Å². The van der Waals surface area contributed by atoms with Crippen molar-refractivity contribution in [1.82, 2.24) is 0 Å². The van der Waals surface area contributed by atoms with Gasteiger partial charge >= 0.3 is 0 Å². The van der Waals surface area contributed by atoms with Crippen LogP contribution in [0.4, 0.5) is 11.4 Å². The monoisotopic (exact) mass is 237 g/mol. The maximum atomic E-state index is 10.8. The van der Waals surface area contributed by atoms with Gasteiger partial charge in [-0.1, -0.05) is 26.0 Å². The Labute approximate surface area is 101 Å². The van der Waals surface area contributed by atoms with Crippen LogP contribution in [0.25, 0.3) is 0 Å². The summed E-state index contributed by atoms with van der Waals surface area (Å²) < 4.78 is 0. The predicted octanol–water partition coefficient (Wildman–Crippen LogP) is 2.52. The van der Waals surface area contributed by atoms with Crippen LogP contribution in [0.1, 0.15) is 26.7 Å². The van der Waals surface area contributed by atoms with E-state index in [-0.39, 0.29) is 11.2 Å². The van der Waals surface area contributed by atoms with Gasteiger partial charge in [-0.3, -0.25) is 10.1 Å². The van der Waals surface area contributed by atoms with Crippen LogP contribution in [0.5, 0.6) is 0 Å². The molecule has 0 spiro atoms. The maximum Gasteiger partial charge on any atom is 0.292 e. The third kappa shape index (κ3) is 3.42. The van der Waals surface area contributed by atoms with Crippen molar-refractivity contribution in [1.29, 1.82) is 0 Å². The SMILES string of the molecule is CCC(N)(CC)CNc1ccccc1[N+](=O)[O-]. The number of para-hydroxylation sites is 2. The Kier molecular flexibility index (Phi) is 4.45. The van der Waals surface area contributed by atoms with Crippen molar-refractivity contribution < 1.29 is 4.92 Å². The van der Waals surface area contributed by atoms with E-state index in [4.69, 9.17) is 5.73 Å². The Balaban J connectivity index is 2.79. The van der Waals surface area contributed by atoms with Crippen molar-refractivity contribution in [2.45, 2.75) is 32.2 Å². The van der Waals surface area contributed by atoms with Crippen LogP contribution in [0.15, 0.2) is 24.3 Å². The quantitative estimate of drug-likeness (QED) is 0.588. The summed E-state index contributed by atoms with van der Waals surface area (Å²) in [6.45, 7) is 4.57. The fourth-order valence-electron chi connectivity index (χ4n) is 1.55. The second kappa shape index (κ2) is 5.63. The molecule has 0 fully saturated rings. The minimum absolute atomic E-state index is 0.0852. The molecule has 0 saturated carbocycles. The molecular formula is C12H19N3O2. The summed E-state index contributed by atoms with van der Waals surface area (Å²) in [5, 5.41) is 13.9. The van der Waals surface area contributed by atoms with Gasteiger partial charge in [-0.25, -0.2) is 0 Å². The number of nitro groups is 1. The zero-order valence-electron chi connectivity index (χ0n) is 10.3. The number of hydrogen-bond acceptors (Lipinski definition) is 4. The molecule has 1 rings (SSSR count). The van der Waals surface area contributed by atoms with Crippen molar-refractivity contribution >= 4 is 11.4 Å². The lowest BCUT2D eigenvalue weighted by Crippen LogP contribution is -2.45. The van der Waals surface area contributed by atoms with E-state index in [9.17, 15) is 10.1 Å². The first kappa shape index (κ1) is 13.4. The largest absolute Gasteiger partial charge is 0.378 e. The van der Waals surface area contributed by atoms with Gasteiger partial charge in [0.05, 0.1) is 4.92 Å². The number of hydrogen-bond donors (Lipinski definition) is 2. The lowest BCUT2D eigenvalue weighted by Gasteiger charge is -2.27. The Bertz CT molecular complexity index is 389. The molecule has 1 aromatic rings. The van der Waals surface area contributed by atoms with Gasteiger partial charge in [0.25, 0.3) is 5.69 Å². The number of nitrogens with one attached hydrogen (secondary N) is 1. The summed E-state index contributed by atoms with van der Waals surface area (Å²) in [6, 6.07) is 6.60. The second-order valence-corrected chi connectivity index (χ2v) is 4.20. The van der Waals surface area contributed by atoms with E-state index in [1.165, 1.54) is 6.07 Å². The van der Waals surface area contributed by atoms with Gasteiger partial charge in [0.15, 0.2) is 0 Å². The van der Waals surface area contributed by atoms with E-state index >= 15 is 0 Å². The molecule has 0 radical (unpaired) electrons. The number of anilines is 1. The molecule has 0 aliphatic heterocycles. The van der Waals surface area contributed by atoms with Crippen LogP contribution in [0.2, 0.25) is 0 Å². The molecule has 5 nitrogen and oxygen atoms in total. The molecule has 94 valence electrons. The normalized spacial score (nSPS) is 11.2. The Morgan fingerprint density at radius 3 is 2.47 bits per heavy atom. The molecule has 0 saturated heterocycles. The first-order valence-electron chi connectivity index (χ1n) is 5.78. The third-order valence-corrected chi connectivity index (χ3v) is 3.14. The van der Waals surface area contributed by atoms with Crippen molar-refractivity contribution in [3.63, 3.8) is 0 Å². The van der Waals surface area contributed by atoms with Crippen LogP contribution < -0.4 is 11.1 Å². The Hall–Kier alpha value is -1.62. The van der Waals surface area contributed by atoms with E-state index < -0.39 is 4.92 Å². The highest BCUT2D eigenvalue weighted by Crippen LogP contribution is 2.24. The molecule has 0 unspecified atom stereocenters. The van der Waals surface area contributed by atoms with E-state index in [1.807, 2.05) is 13.8 Å². The average molecular weight is 237 g/mol. The van der Waals surface area contributed by atoms with Gasteiger partial charge in [-0.15, -0.1) is 0 Å². The molecule has 0 bridgehead atoms. The topological polar surface area (TPSA) is 81.2 Å². The van der Waals surface area contributed by atoms with E-state index in [0.717, 1.165) is 12.8 Å². The number of nitro benzene ring substituents is 1. The molecule has 0 aromatic heterocycles. The fraction of sp³-hybridized carbons (Fsp3) is 0.500. The fourth-order valence-corrected chi connectivity index (χ4v) is 1.55.